The summed E-state index contributed by atoms with van der Waals surface area (Å²) < 4.78 is 5.51. The van der Waals surface area contributed by atoms with Crippen molar-refractivity contribution in [3.63, 3.8) is 0 Å². The Morgan fingerprint density at radius 3 is 2.62 bits per heavy atom. The Morgan fingerprint density at radius 2 is 1.96 bits per heavy atom. The number of guanidine groups is 1. The molecule has 1 aromatic carbocycles. The average molecular weight is 490 g/mol. The van der Waals surface area contributed by atoms with E-state index in [1.165, 1.54) is 5.56 Å². The first-order chi connectivity index (χ1) is 12.2. The lowest BCUT2D eigenvalue weighted by Crippen LogP contribution is -2.42. The number of carbonyl (C=O) groups excluding carboxylic acids is 1. The van der Waals surface area contributed by atoms with Crippen molar-refractivity contribution < 1.29 is 9.53 Å². The van der Waals surface area contributed by atoms with Gasteiger partial charge in [-0.1, -0.05) is 12.1 Å². The van der Waals surface area contributed by atoms with Crippen molar-refractivity contribution >= 4 is 47.6 Å². The molecule has 1 aromatic rings. The van der Waals surface area contributed by atoms with Crippen molar-refractivity contribution in [1.29, 1.82) is 0 Å². The van der Waals surface area contributed by atoms with E-state index >= 15 is 0 Å². The maximum Gasteiger partial charge on any atom is 0.258 e. The molecule has 2 aliphatic rings. The first-order valence-corrected chi connectivity index (χ1v) is 10.00. The summed E-state index contributed by atoms with van der Waals surface area (Å²) in [6.07, 6.45) is 3.01. The Balaban J connectivity index is 0.00000243. The number of carbonyl (C=O) groups is 1. The van der Waals surface area contributed by atoms with E-state index in [1.807, 2.05) is 36.0 Å². The number of amides is 1. The summed E-state index contributed by atoms with van der Waals surface area (Å²) >= 11 is 1.96. The van der Waals surface area contributed by atoms with E-state index in [-0.39, 0.29) is 36.5 Å². The molecule has 6 nitrogen and oxygen atoms in total. The first kappa shape index (κ1) is 21.1. The lowest BCUT2D eigenvalue weighted by molar-refractivity contribution is -0.123. The van der Waals surface area contributed by atoms with Gasteiger partial charge in [0.2, 0.25) is 0 Å². The van der Waals surface area contributed by atoms with Crippen LogP contribution >= 0.6 is 35.7 Å². The van der Waals surface area contributed by atoms with Crippen molar-refractivity contribution in [3.8, 4) is 5.75 Å². The SMILES string of the molecule is I.NC(=NCCc1ccc(OCC(=O)NC2CC2)cc1)N1CCSCC1. The van der Waals surface area contributed by atoms with E-state index in [9.17, 15) is 4.79 Å². The molecule has 0 radical (unpaired) electrons. The molecular weight excluding hydrogens is 463 g/mol. The monoisotopic (exact) mass is 490 g/mol. The molecule has 3 N–H and O–H groups in total. The Kier molecular flexibility index (Phi) is 8.83. The Labute approximate surface area is 176 Å². The van der Waals surface area contributed by atoms with Crippen LogP contribution in [-0.2, 0) is 11.2 Å². The first-order valence-electron chi connectivity index (χ1n) is 8.84. The van der Waals surface area contributed by atoms with Gasteiger partial charge in [-0.05, 0) is 37.0 Å². The predicted molar refractivity (Wildman–Crippen MR) is 118 cm³/mol. The van der Waals surface area contributed by atoms with Crippen molar-refractivity contribution in [1.82, 2.24) is 10.2 Å². The third-order valence-electron chi connectivity index (χ3n) is 4.25. The molecule has 3 rings (SSSR count). The van der Waals surface area contributed by atoms with Crippen LogP contribution in [-0.4, -0.2) is 60.6 Å². The van der Waals surface area contributed by atoms with Crippen LogP contribution in [0.4, 0.5) is 0 Å². The Hall–Kier alpha value is -1.16. The molecule has 8 heteroatoms. The van der Waals surface area contributed by atoms with Gasteiger partial charge < -0.3 is 20.7 Å². The van der Waals surface area contributed by atoms with Crippen LogP contribution in [0.15, 0.2) is 29.3 Å². The molecule has 0 bridgehead atoms. The highest BCUT2D eigenvalue weighted by Gasteiger charge is 2.23. The van der Waals surface area contributed by atoms with Gasteiger partial charge in [-0.15, -0.1) is 24.0 Å². The molecular formula is C18H27IN4O2S. The van der Waals surface area contributed by atoms with Crippen molar-refractivity contribution in [2.24, 2.45) is 10.7 Å². The van der Waals surface area contributed by atoms with Crippen LogP contribution in [0.2, 0.25) is 0 Å². The highest BCUT2D eigenvalue weighted by Crippen LogP contribution is 2.18. The molecule has 144 valence electrons. The van der Waals surface area contributed by atoms with Crippen molar-refractivity contribution in [3.05, 3.63) is 29.8 Å². The number of hydrogen-bond acceptors (Lipinski definition) is 4. The molecule has 0 atom stereocenters. The van der Waals surface area contributed by atoms with Crippen molar-refractivity contribution in [2.45, 2.75) is 25.3 Å². The van der Waals surface area contributed by atoms with Gasteiger partial charge in [-0.2, -0.15) is 11.8 Å². The van der Waals surface area contributed by atoms with E-state index in [4.69, 9.17) is 10.5 Å². The highest BCUT2D eigenvalue weighted by molar-refractivity contribution is 14.0. The summed E-state index contributed by atoms with van der Waals surface area (Å²) in [6, 6.07) is 8.19. The number of halogens is 1. The molecule has 2 fully saturated rings. The van der Waals surface area contributed by atoms with Gasteiger partial charge in [0.15, 0.2) is 12.6 Å². The van der Waals surface area contributed by atoms with Crippen LogP contribution < -0.4 is 15.8 Å². The van der Waals surface area contributed by atoms with Crippen LogP contribution in [0.1, 0.15) is 18.4 Å². The fraction of sp³-hybridized carbons (Fsp3) is 0.556. The minimum atomic E-state index is -0.0486. The third-order valence-corrected chi connectivity index (χ3v) is 5.19. The normalized spacial score (nSPS) is 17.4. The van der Waals surface area contributed by atoms with Gasteiger partial charge in [0.05, 0.1) is 0 Å². The van der Waals surface area contributed by atoms with Gasteiger partial charge in [-0.3, -0.25) is 9.79 Å². The molecule has 1 saturated heterocycles. The molecule has 0 aromatic heterocycles. The Morgan fingerprint density at radius 1 is 1.27 bits per heavy atom. The number of rotatable bonds is 7. The smallest absolute Gasteiger partial charge is 0.258 e. The molecule has 0 unspecified atom stereocenters. The number of thioether (sulfide) groups is 1. The molecule has 1 aliphatic carbocycles. The van der Waals surface area contributed by atoms with E-state index < -0.39 is 0 Å². The molecule has 1 heterocycles. The summed E-state index contributed by atoms with van der Waals surface area (Å²) in [6.45, 7) is 2.73. The quantitative estimate of drug-likeness (QED) is 0.347. The second-order valence-electron chi connectivity index (χ2n) is 6.36. The van der Waals surface area contributed by atoms with Gasteiger partial charge in [0.25, 0.3) is 5.91 Å². The topological polar surface area (TPSA) is 80.0 Å². The highest BCUT2D eigenvalue weighted by atomic mass is 127. The number of nitrogens with zero attached hydrogens (tertiary/aromatic N) is 2. The molecule has 1 aliphatic heterocycles. The molecule has 26 heavy (non-hydrogen) atoms. The maximum absolute atomic E-state index is 11.6. The largest absolute Gasteiger partial charge is 0.484 e. The van der Waals surface area contributed by atoms with Crippen LogP contribution in [0.25, 0.3) is 0 Å². The maximum atomic E-state index is 11.6. The van der Waals surface area contributed by atoms with E-state index in [0.717, 1.165) is 43.9 Å². The number of hydrogen-bond donors (Lipinski definition) is 2. The number of ether oxygens (including phenoxy) is 1. The second-order valence-corrected chi connectivity index (χ2v) is 7.59. The summed E-state index contributed by atoms with van der Waals surface area (Å²) in [4.78, 5) is 18.2. The van der Waals surface area contributed by atoms with E-state index in [2.05, 4.69) is 15.2 Å². The van der Waals surface area contributed by atoms with Crippen LogP contribution in [0.5, 0.6) is 5.75 Å². The zero-order chi connectivity index (χ0) is 17.5. The van der Waals surface area contributed by atoms with Gasteiger partial charge in [0.1, 0.15) is 5.75 Å². The summed E-state index contributed by atoms with van der Waals surface area (Å²) in [5, 5.41) is 2.91. The predicted octanol–water partition coefficient (Wildman–Crippen LogP) is 1.87. The summed E-state index contributed by atoms with van der Waals surface area (Å²) in [5.41, 5.74) is 7.23. The fourth-order valence-electron chi connectivity index (χ4n) is 2.59. The minimum Gasteiger partial charge on any atom is -0.484 e. The minimum absolute atomic E-state index is 0. The van der Waals surface area contributed by atoms with Gasteiger partial charge >= 0.3 is 0 Å². The van der Waals surface area contributed by atoms with E-state index in [1.54, 1.807) is 0 Å². The third kappa shape index (κ3) is 7.22. The molecule has 0 spiro atoms. The lowest BCUT2D eigenvalue weighted by atomic mass is 10.1. The molecule has 1 amide bonds. The summed E-state index contributed by atoms with van der Waals surface area (Å²) in [5.74, 6) is 3.56. The zero-order valence-electron chi connectivity index (χ0n) is 14.9. The Bertz CT molecular complexity index is 602. The van der Waals surface area contributed by atoms with Crippen molar-refractivity contribution in [2.75, 3.05) is 37.7 Å². The van der Waals surface area contributed by atoms with Crippen LogP contribution in [0.3, 0.4) is 0 Å². The lowest BCUT2D eigenvalue weighted by Gasteiger charge is -2.27. The summed E-state index contributed by atoms with van der Waals surface area (Å²) in [7, 11) is 0. The fourth-order valence-corrected chi connectivity index (χ4v) is 3.49. The van der Waals surface area contributed by atoms with Gasteiger partial charge in [-0.25, -0.2) is 0 Å². The number of aliphatic imine (C=N–C) groups is 1. The van der Waals surface area contributed by atoms with E-state index in [0.29, 0.717) is 24.3 Å². The average Bonchev–Trinajstić information content (AvgIpc) is 3.45. The second kappa shape index (κ2) is 10.9. The number of benzene rings is 1. The standard InChI is InChI=1S/C18H26N4O2S.HI/c19-18(22-9-11-25-12-10-22)20-8-7-14-1-5-16(6-2-14)24-13-17(23)21-15-3-4-15;/h1-2,5-6,15H,3-4,7-13H2,(H2,19,20)(H,21,23);1H. The molecule has 1 saturated carbocycles. The zero-order valence-corrected chi connectivity index (χ0v) is 18.0. The number of nitrogens with two attached hydrogens (primary N) is 1. The van der Waals surface area contributed by atoms with Crippen LogP contribution in [0, 0.1) is 0 Å². The van der Waals surface area contributed by atoms with Gasteiger partial charge in [0, 0.05) is 37.2 Å². The number of nitrogens with one attached hydrogen (secondary N) is 1.